The summed E-state index contributed by atoms with van der Waals surface area (Å²) in [7, 11) is 0. The van der Waals surface area contributed by atoms with Crippen LogP contribution in [0.25, 0.3) is 11.4 Å². The molecule has 1 amide bonds. The lowest BCUT2D eigenvalue weighted by atomic mass is 10.2. The molecule has 1 aromatic heterocycles. The number of benzene rings is 2. The number of carbonyl (C=O) groups is 1. The molecule has 10 heteroatoms. The fraction of sp³-hybridized carbons (Fsp3) is 0.105. The Bertz CT molecular complexity index is 1040. The molecule has 0 saturated carbocycles. The van der Waals surface area contributed by atoms with Gasteiger partial charge < -0.3 is 5.32 Å². The van der Waals surface area contributed by atoms with Crippen LogP contribution >= 0.6 is 27.7 Å². The molecular formula is C19H16BrN5O3S. The molecule has 0 atom stereocenters. The molecule has 1 N–H and O–H groups in total. The third kappa shape index (κ3) is 5.30. The van der Waals surface area contributed by atoms with E-state index in [0.29, 0.717) is 23.2 Å². The van der Waals surface area contributed by atoms with Crippen LogP contribution in [0.5, 0.6) is 0 Å². The van der Waals surface area contributed by atoms with Gasteiger partial charge in [0.2, 0.25) is 5.91 Å². The summed E-state index contributed by atoms with van der Waals surface area (Å²) in [6.07, 6.45) is 1.74. The van der Waals surface area contributed by atoms with E-state index in [2.05, 4.69) is 38.0 Å². The van der Waals surface area contributed by atoms with E-state index in [-0.39, 0.29) is 17.3 Å². The fourth-order valence-electron chi connectivity index (χ4n) is 2.50. The van der Waals surface area contributed by atoms with Gasteiger partial charge in [0.1, 0.15) is 0 Å². The Kier molecular flexibility index (Phi) is 6.78. The van der Waals surface area contributed by atoms with Crippen LogP contribution in [0.3, 0.4) is 0 Å². The van der Waals surface area contributed by atoms with Gasteiger partial charge in [0, 0.05) is 34.4 Å². The van der Waals surface area contributed by atoms with Crippen molar-refractivity contribution in [3.63, 3.8) is 0 Å². The number of aromatic nitrogens is 3. The normalized spacial score (nSPS) is 10.5. The second-order valence-corrected chi connectivity index (χ2v) is 7.71. The molecule has 0 aliphatic rings. The van der Waals surface area contributed by atoms with Gasteiger partial charge in [-0.25, -0.2) is 0 Å². The van der Waals surface area contributed by atoms with Crippen molar-refractivity contribution in [3.05, 3.63) is 75.8 Å². The summed E-state index contributed by atoms with van der Waals surface area (Å²) in [6, 6.07) is 13.4. The summed E-state index contributed by atoms with van der Waals surface area (Å²) in [5, 5.41) is 22.5. The molecule has 0 unspecified atom stereocenters. The van der Waals surface area contributed by atoms with E-state index in [1.54, 1.807) is 6.08 Å². The van der Waals surface area contributed by atoms with Gasteiger partial charge in [-0.2, -0.15) is 0 Å². The predicted molar refractivity (Wildman–Crippen MR) is 116 cm³/mol. The van der Waals surface area contributed by atoms with Gasteiger partial charge in [-0.05, 0) is 24.3 Å². The number of thioether (sulfide) groups is 1. The van der Waals surface area contributed by atoms with Gasteiger partial charge >= 0.3 is 0 Å². The van der Waals surface area contributed by atoms with Crippen molar-refractivity contribution in [3.8, 4) is 11.4 Å². The minimum Gasteiger partial charge on any atom is -0.325 e. The molecule has 0 bridgehead atoms. The maximum Gasteiger partial charge on any atom is 0.269 e. The van der Waals surface area contributed by atoms with Crippen LogP contribution in [-0.4, -0.2) is 31.3 Å². The SMILES string of the molecule is C=CCn1c(SCC(=O)Nc2ccc([N+](=O)[O-])cc2)nnc1-c1ccc(Br)cc1. The average molecular weight is 474 g/mol. The number of rotatable bonds is 8. The summed E-state index contributed by atoms with van der Waals surface area (Å²) in [5.41, 5.74) is 1.37. The lowest BCUT2D eigenvalue weighted by Crippen LogP contribution is -2.14. The number of carbonyl (C=O) groups excluding carboxylic acids is 1. The number of non-ortho nitro benzene ring substituents is 1. The molecule has 0 fully saturated rings. The van der Waals surface area contributed by atoms with Crippen LogP contribution in [0.1, 0.15) is 0 Å². The standard InChI is InChI=1S/C19H16BrN5O3S/c1-2-11-24-18(13-3-5-14(20)6-4-13)22-23-19(24)29-12-17(26)21-15-7-9-16(10-8-15)25(27)28/h2-10H,1,11-12H2,(H,21,26). The van der Waals surface area contributed by atoms with E-state index in [1.165, 1.54) is 36.0 Å². The first-order chi connectivity index (χ1) is 14.0. The lowest BCUT2D eigenvalue weighted by molar-refractivity contribution is -0.384. The van der Waals surface area contributed by atoms with Gasteiger partial charge in [-0.3, -0.25) is 19.5 Å². The monoisotopic (exact) mass is 473 g/mol. The van der Waals surface area contributed by atoms with E-state index >= 15 is 0 Å². The zero-order chi connectivity index (χ0) is 20.8. The van der Waals surface area contributed by atoms with Crippen LogP contribution in [0.2, 0.25) is 0 Å². The molecule has 0 spiro atoms. The molecule has 2 aromatic carbocycles. The van der Waals surface area contributed by atoms with Crippen molar-refractivity contribution in [1.29, 1.82) is 0 Å². The van der Waals surface area contributed by atoms with Crippen molar-refractivity contribution in [2.45, 2.75) is 11.7 Å². The number of nitro groups is 1. The first kappa shape index (κ1) is 20.7. The summed E-state index contributed by atoms with van der Waals surface area (Å²) in [6.45, 7) is 4.28. The Balaban J connectivity index is 1.68. The van der Waals surface area contributed by atoms with E-state index in [1.807, 2.05) is 28.8 Å². The Hall–Kier alpha value is -2.98. The zero-order valence-electron chi connectivity index (χ0n) is 15.1. The molecule has 0 saturated heterocycles. The number of amides is 1. The highest BCUT2D eigenvalue weighted by Crippen LogP contribution is 2.25. The third-order valence-electron chi connectivity index (χ3n) is 3.83. The van der Waals surface area contributed by atoms with Crippen LogP contribution in [0.4, 0.5) is 11.4 Å². The average Bonchev–Trinajstić information content (AvgIpc) is 3.10. The van der Waals surface area contributed by atoms with Crippen LogP contribution in [-0.2, 0) is 11.3 Å². The van der Waals surface area contributed by atoms with E-state index in [4.69, 9.17) is 0 Å². The second-order valence-electron chi connectivity index (χ2n) is 5.85. The Morgan fingerprint density at radius 2 is 1.90 bits per heavy atom. The highest BCUT2D eigenvalue weighted by Gasteiger charge is 2.15. The predicted octanol–water partition coefficient (Wildman–Crippen LogP) is 4.53. The second kappa shape index (κ2) is 9.48. The molecular weight excluding hydrogens is 458 g/mol. The topological polar surface area (TPSA) is 103 Å². The number of allylic oxidation sites excluding steroid dienone is 1. The summed E-state index contributed by atoms with van der Waals surface area (Å²) >= 11 is 4.66. The van der Waals surface area contributed by atoms with E-state index in [9.17, 15) is 14.9 Å². The highest BCUT2D eigenvalue weighted by atomic mass is 79.9. The molecule has 29 heavy (non-hydrogen) atoms. The van der Waals surface area contributed by atoms with Crippen molar-refractivity contribution in [2.75, 3.05) is 11.1 Å². The number of halogens is 1. The number of anilines is 1. The van der Waals surface area contributed by atoms with Crippen LogP contribution in [0.15, 0.2) is 70.8 Å². The molecule has 0 aliphatic carbocycles. The number of hydrogen-bond donors (Lipinski definition) is 1. The quantitative estimate of drug-likeness (QED) is 0.223. The number of nitrogens with zero attached hydrogens (tertiary/aromatic N) is 4. The van der Waals surface area contributed by atoms with Gasteiger partial charge in [-0.15, -0.1) is 16.8 Å². The Morgan fingerprint density at radius 1 is 1.21 bits per heavy atom. The lowest BCUT2D eigenvalue weighted by Gasteiger charge is -2.08. The fourth-order valence-corrected chi connectivity index (χ4v) is 3.51. The van der Waals surface area contributed by atoms with Gasteiger partial charge in [0.15, 0.2) is 11.0 Å². The van der Waals surface area contributed by atoms with Gasteiger partial charge in [-0.1, -0.05) is 45.9 Å². The largest absolute Gasteiger partial charge is 0.325 e. The van der Waals surface area contributed by atoms with Crippen molar-refractivity contribution >= 4 is 45.0 Å². The number of nitrogens with one attached hydrogen (secondary N) is 1. The smallest absolute Gasteiger partial charge is 0.269 e. The summed E-state index contributed by atoms with van der Waals surface area (Å²) in [5.74, 6) is 0.560. The van der Waals surface area contributed by atoms with Crippen molar-refractivity contribution < 1.29 is 9.72 Å². The number of nitro benzene ring substituents is 1. The molecule has 148 valence electrons. The van der Waals surface area contributed by atoms with Crippen molar-refractivity contribution in [1.82, 2.24) is 14.8 Å². The van der Waals surface area contributed by atoms with Crippen LogP contribution in [0, 0.1) is 10.1 Å². The zero-order valence-corrected chi connectivity index (χ0v) is 17.5. The van der Waals surface area contributed by atoms with E-state index in [0.717, 1.165) is 10.0 Å². The Morgan fingerprint density at radius 3 is 2.52 bits per heavy atom. The first-order valence-corrected chi connectivity index (χ1v) is 10.2. The molecule has 0 aliphatic heterocycles. The third-order valence-corrected chi connectivity index (χ3v) is 5.32. The molecule has 3 rings (SSSR count). The maximum absolute atomic E-state index is 12.2. The summed E-state index contributed by atoms with van der Waals surface area (Å²) < 4.78 is 2.86. The van der Waals surface area contributed by atoms with Gasteiger partial charge in [0.25, 0.3) is 5.69 Å². The molecule has 3 aromatic rings. The van der Waals surface area contributed by atoms with Crippen LogP contribution < -0.4 is 5.32 Å². The van der Waals surface area contributed by atoms with E-state index < -0.39 is 4.92 Å². The van der Waals surface area contributed by atoms with Crippen molar-refractivity contribution in [2.24, 2.45) is 0 Å². The molecule has 1 heterocycles. The first-order valence-electron chi connectivity index (χ1n) is 8.45. The molecule has 8 nitrogen and oxygen atoms in total. The number of hydrogen-bond acceptors (Lipinski definition) is 6. The highest BCUT2D eigenvalue weighted by molar-refractivity contribution is 9.10. The Labute approximate surface area is 179 Å². The minimum absolute atomic E-state index is 0.0321. The maximum atomic E-state index is 12.2. The molecule has 0 radical (unpaired) electrons. The summed E-state index contributed by atoms with van der Waals surface area (Å²) in [4.78, 5) is 22.4. The minimum atomic E-state index is -0.489. The van der Waals surface area contributed by atoms with Gasteiger partial charge in [0.05, 0.1) is 10.7 Å².